The standard InChI is InChI=1S/C19H28N2O4S/c1-25-17-6-3-5-16(13-17)21(26(2,23)24)10-4-7-19(22)20-18-12-14-8-9-15(18)11-14/h3,5-6,13-15,18H,4,7-12H2,1-2H3,(H,20,22)/t14-,15-,18-/m1/s1. The summed E-state index contributed by atoms with van der Waals surface area (Å²) in [5, 5.41) is 3.15. The zero-order chi connectivity index (χ0) is 18.7. The number of sulfonamides is 1. The molecule has 1 amide bonds. The first-order valence-corrected chi connectivity index (χ1v) is 11.1. The first-order chi connectivity index (χ1) is 12.4. The van der Waals surface area contributed by atoms with E-state index in [9.17, 15) is 13.2 Å². The highest BCUT2D eigenvalue weighted by molar-refractivity contribution is 7.92. The fourth-order valence-corrected chi connectivity index (χ4v) is 5.29. The van der Waals surface area contributed by atoms with Crippen molar-refractivity contribution in [1.29, 1.82) is 0 Å². The lowest BCUT2D eigenvalue weighted by Crippen LogP contribution is -2.39. The summed E-state index contributed by atoms with van der Waals surface area (Å²) >= 11 is 0. The van der Waals surface area contributed by atoms with Gasteiger partial charge in [-0.05, 0) is 49.7 Å². The number of hydrogen-bond donors (Lipinski definition) is 1. The zero-order valence-electron chi connectivity index (χ0n) is 15.5. The van der Waals surface area contributed by atoms with Gasteiger partial charge in [0, 0.05) is 25.1 Å². The normalized spacial score (nSPS) is 24.5. The summed E-state index contributed by atoms with van der Waals surface area (Å²) in [6.45, 7) is 0.274. The number of methoxy groups -OCH3 is 1. The predicted octanol–water partition coefficient (Wildman–Crippen LogP) is 2.55. The summed E-state index contributed by atoms with van der Waals surface area (Å²) in [6.07, 6.45) is 6.90. The van der Waals surface area contributed by atoms with Crippen LogP contribution in [-0.2, 0) is 14.8 Å². The topological polar surface area (TPSA) is 75.7 Å². The van der Waals surface area contributed by atoms with Gasteiger partial charge in [0.25, 0.3) is 0 Å². The minimum Gasteiger partial charge on any atom is -0.497 e. The summed E-state index contributed by atoms with van der Waals surface area (Å²) in [5.74, 6) is 2.07. The SMILES string of the molecule is COc1cccc(N(CCCC(=O)N[C@@H]2C[C@@H]3CC[C@@H]2C3)S(C)(=O)=O)c1. The highest BCUT2D eigenvalue weighted by Crippen LogP contribution is 2.44. The zero-order valence-corrected chi connectivity index (χ0v) is 16.3. The van der Waals surface area contributed by atoms with Crippen molar-refractivity contribution in [2.75, 3.05) is 24.2 Å². The number of hydrogen-bond acceptors (Lipinski definition) is 4. The molecule has 2 aliphatic rings. The van der Waals surface area contributed by atoms with Gasteiger partial charge in [-0.3, -0.25) is 9.10 Å². The molecule has 0 spiro atoms. The molecule has 0 radical (unpaired) electrons. The Morgan fingerprint density at radius 3 is 2.73 bits per heavy atom. The molecule has 2 saturated carbocycles. The van der Waals surface area contributed by atoms with Gasteiger partial charge in [0.05, 0.1) is 19.1 Å². The van der Waals surface area contributed by atoms with Gasteiger partial charge in [0.2, 0.25) is 15.9 Å². The molecular weight excluding hydrogens is 352 g/mol. The van der Waals surface area contributed by atoms with Crippen molar-refractivity contribution in [3.8, 4) is 5.75 Å². The number of carbonyl (C=O) groups is 1. The summed E-state index contributed by atoms with van der Waals surface area (Å²) in [5.41, 5.74) is 0.556. The van der Waals surface area contributed by atoms with Gasteiger partial charge in [0.1, 0.15) is 5.75 Å². The molecule has 2 bridgehead atoms. The van der Waals surface area contributed by atoms with E-state index >= 15 is 0 Å². The Morgan fingerprint density at radius 2 is 2.12 bits per heavy atom. The van der Waals surface area contributed by atoms with Crippen LogP contribution in [0.2, 0.25) is 0 Å². The molecule has 2 aliphatic carbocycles. The first-order valence-electron chi connectivity index (χ1n) is 9.28. The second-order valence-corrected chi connectivity index (χ2v) is 9.40. The molecule has 0 unspecified atom stereocenters. The fourth-order valence-electron chi connectivity index (χ4n) is 4.34. The van der Waals surface area contributed by atoms with Gasteiger partial charge < -0.3 is 10.1 Å². The lowest BCUT2D eigenvalue weighted by atomic mass is 9.95. The monoisotopic (exact) mass is 380 g/mol. The van der Waals surface area contributed by atoms with E-state index < -0.39 is 10.0 Å². The van der Waals surface area contributed by atoms with E-state index in [0.717, 1.165) is 12.3 Å². The fraction of sp³-hybridized carbons (Fsp3) is 0.632. The molecule has 1 aromatic carbocycles. The Balaban J connectivity index is 1.54. The van der Waals surface area contributed by atoms with Crippen molar-refractivity contribution in [3.63, 3.8) is 0 Å². The molecule has 6 nitrogen and oxygen atoms in total. The van der Waals surface area contributed by atoms with Crippen LogP contribution in [0, 0.1) is 11.8 Å². The lowest BCUT2D eigenvalue weighted by Gasteiger charge is -2.24. The van der Waals surface area contributed by atoms with Crippen molar-refractivity contribution >= 4 is 21.6 Å². The summed E-state index contributed by atoms with van der Waals surface area (Å²) in [4.78, 5) is 12.2. The average molecular weight is 381 g/mol. The van der Waals surface area contributed by atoms with Crippen LogP contribution in [0.3, 0.4) is 0 Å². The number of carbonyl (C=O) groups excluding carboxylic acids is 1. The van der Waals surface area contributed by atoms with Crippen molar-refractivity contribution in [3.05, 3.63) is 24.3 Å². The number of amides is 1. The second-order valence-electron chi connectivity index (χ2n) is 7.49. The van der Waals surface area contributed by atoms with E-state index in [1.165, 1.54) is 29.8 Å². The van der Waals surface area contributed by atoms with Gasteiger partial charge in [-0.25, -0.2) is 8.42 Å². The molecular formula is C19H28N2O4S. The van der Waals surface area contributed by atoms with E-state index in [-0.39, 0.29) is 12.5 Å². The maximum atomic E-state index is 12.2. The number of nitrogens with one attached hydrogen (secondary N) is 1. The summed E-state index contributed by atoms with van der Waals surface area (Å²) in [6, 6.07) is 7.28. The van der Waals surface area contributed by atoms with Crippen LogP contribution >= 0.6 is 0 Å². The third-order valence-corrected chi connectivity index (χ3v) is 6.79. The molecule has 7 heteroatoms. The van der Waals surface area contributed by atoms with Crippen LogP contribution in [0.5, 0.6) is 5.75 Å². The van der Waals surface area contributed by atoms with Crippen LogP contribution in [0.1, 0.15) is 38.5 Å². The van der Waals surface area contributed by atoms with Crippen molar-refractivity contribution in [1.82, 2.24) is 5.32 Å². The Labute approximate surface area is 156 Å². The number of fused-ring (bicyclic) bond motifs is 2. The van der Waals surface area contributed by atoms with E-state index in [4.69, 9.17) is 4.74 Å². The van der Waals surface area contributed by atoms with Crippen LogP contribution in [-0.4, -0.2) is 40.3 Å². The van der Waals surface area contributed by atoms with Crippen LogP contribution < -0.4 is 14.4 Å². The van der Waals surface area contributed by atoms with Crippen LogP contribution in [0.4, 0.5) is 5.69 Å². The maximum Gasteiger partial charge on any atom is 0.232 e. The largest absolute Gasteiger partial charge is 0.497 e. The molecule has 0 aromatic heterocycles. The molecule has 3 rings (SSSR count). The quantitative estimate of drug-likeness (QED) is 0.752. The van der Waals surface area contributed by atoms with E-state index in [0.29, 0.717) is 36.2 Å². The lowest BCUT2D eigenvalue weighted by molar-refractivity contribution is -0.122. The van der Waals surface area contributed by atoms with Crippen molar-refractivity contribution in [2.24, 2.45) is 11.8 Å². The number of rotatable bonds is 8. The van der Waals surface area contributed by atoms with Crippen molar-refractivity contribution < 1.29 is 17.9 Å². The molecule has 0 saturated heterocycles. The predicted molar refractivity (Wildman–Crippen MR) is 102 cm³/mol. The minimum absolute atomic E-state index is 0.0293. The Hall–Kier alpha value is -1.76. The second kappa shape index (κ2) is 7.86. The van der Waals surface area contributed by atoms with Gasteiger partial charge >= 0.3 is 0 Å². The highest BCUT2D eigenvalue weighted by Gasteiger charge is 2.39. The van der Waals surface area contributed by atoms with Crippen molar-refractivity contribution in [2.45, 2.75) is 44.6 Å². The minimum atomic E-state index is -3.42. The number of nitrogens with zero attached hydrogens (tertiary/aromatic N) is 1. The van der Waals surface area contributed by atoms with E-state index in [2.05, 4.69) is 5.32 Å². The first kappa shape index (κ1) is 19.0. The molecule has 2 fully saturated rings. The summed E-state index contributed by atoms with van der Waals surface area (Å²) in [7, 11) is -1.88. The molecule has 1 N–H and O–H groups in total. The van der Waals surface area contributed by atoms with Crippen LogP contribution in [0.25, 0.3) is 0 Å². The Bertz CT molecular complexity index is 750. The molecule has 1 aromatic rings. The average Bonchev–Trinajstić information content (AvgIpc) is 3.20. The van der Waals surface area contributed by atoms with Gasteiger partial charge in [-0.15, -0.1) is 0 Å². The van der Waals surface area contributed by atoms with Gasteiger partial charge in [-0.2, -0.15) is 0 Å². The smallest absolute Gasteiger partial charge is 0.232 e. The molecule has 0 heterocycles. The van der Waals surface area contributed by atoms with E-state index in [1.54, 1.807) is 31.4 Å². The maximum absolute atomic E-state index is 12.2. The molecule has 3 atom stereocenters. The Morgan fingerprint density at radius 1 is 1.31 bits per heavy atom. The van der Waals surface area contributed by atoms with Gasteiger partial charge in [0.15, 0.2) is 0 Å². The third-order valence-electron chi connectivity index (χ3n) is 5.59. The highest BCUT2D eigenvalue weighted by atomic mass is 32.2. The molecule has 0 aliphatic heterocycles. The molecule has 144 valence electrons. The third kappa shape index (κ3) is 4.50. The van der Waals surface area contributed by atoms with E-state index in [1.807, 2.05) is 0 Å². The van der Waals surface area contributed by atoms with Crippen LogP contribution in [0.15, 0.2) is 24.3 Å². The molecule has 26 heavy (non-hydrogen) atoms. The summed E-state index contributed by atoms with van der Waals surface area (Å²) < 4.78 is 30.8. The Kier molecular flexibility index (Phi) is 5.75. The number of anilines is 1. The number of ether oxygens (including phenoxy) is 1. The number of benzene rings is 1. The van der Waals surface area contributed by atoms with Gasteiger partial charge in [-0.1, -0.05) is 12.5 Å².